The Balaban J connectivity index is 1.46. The fourth-order valence-electron chi connectivity index (χ4n) is 4.05. The third kappa shape index (κ3) is 5.55. The Morgan fingerprint density at radius 2 is 1.77 bits per heavy atom. The maximum Gasteiger partial charge on any atom is 0.264 e. The molecular formula is C30H25N7O2. The molecule has 0 spiro atoms. The lowest BCUT2D eigenvalue weighted by Gasteiger charge is -2.11. The van der Waals surface area contributed by atoms with Gasteiger partial charge >= 0.3 is 0 Å². The largest absolute Gasteiger partial charge is 0.457 e. The van der Waals surface area contributed by atoms with Crippen molar-refractivity contribution in [2.24, 2.45) is 0 Å². The van der Waals surface area contributed by atoms with Crippen molar-refractivity contribution in [3.8, 4) is 28.8 Å². The Morgan fingerprint density at radius 3 is 2.49 bits per heavy atom. The Kier molecular flexibility index (Phi) is 6.92. The zero-order valence-corrected chi connectivity index (χ0v) is 21.3. The van der Waals surface area contributed by atoms with Crippen LogP contribution in [0, 0.1) is 11.3 Å². The fraction of sp³-hybridized carbons (Fsp3) is 0.0667. The van der Waals surface area contributed by atoms with Crippen molar-refractivity contribution in [3.05, 3.63) is 96.1 Å². The lowest BCUT2D eigenvalue weighted by atomic mass is 10.1. The number of para-hydroxylation sites is 1. The van der Waals surface area contributed by atoms with E-state index >= 15 is 0 Å². The molecule has 0 saturated carbocycles. The lowest BCUT2D eigenvalue weighted by Crippen LogP contribution is -2.22. The summed E-state index contributed by atoms with van der Waals surface area (Å²) in [6.45, 7) is 0. The van der Waals surface area contributed by atoms with Crippen molar-refractivity contribution in [2.45, 2.75) is 0 Å². The second kappa shape index (κ2) is 10.8. The minimum absolute atomic E-state index is 0.0478. The second-order valence-electron chi connectivity index (χ2n) is 8.95. The van der Waals surface area contributed by atoms with Crippen LogP contribution in [0.5, 0.6) is 11.5 Å². The monoisotopic (exact) mass is 515 g/mol. The van der Waals surface area contributed by atoms with Crippen LogP contribution < -0.4 is 15.8 Å². The van der Waals surface area contributed by atoms with E-state index in [1.54, 1.807) is 20.2 Å². The number of aromatic amines is 1. The van der Waals surface area contributed by atoms with Crippen LogP contribution in [0.1, 0.15) is 5.56 Å². The highest BCUT2D eigenvalue weighted by atomic mass is 16.5. The van der Waals surface area contributed by atoms with Crippen LogP contribution in [0.15, 0.2) is 90.5 Å². The van der Waals surface area contributed by atoms with Gasteiger partial charge < -0.3 is 20.7 Å². The number of nitrogen functional groups attached to an aromatic ring is 1. The topological polar surface area (TPSA) is 133 Å². The predicted molar refractivity (Wildman–Crippen MR) is 152 cm³/mol. The first kappa shape index (κ1) is 25.0. The molecule has 0 saturated heterocycles. The number of aromatic nitrogens is 3. The van der Waals surface area contributed by atoms with Crippen molar-refractivity contribution >= 4 is 40.2 Å². The van der Waals surface area contributed by atoms with E-state index in [0.717, 1.165) is 27.9 Å². The summed E-state index contributed by atoms with van der Waals surface area (Å²) < 4.78 is 5.92. The van der Waals surface area contributed by atoms with E-state index in [9.17, 15) is 10.1 Å². The Morgan fingerprint density at radius 1 is 1.03 bits per heavy atom. The van der Waals surface area contributed by atoms with E-state index in [0.29, 0.717) is 28.6 Å². The van der Waals surface area contributed by atoms with E-state index in [1.165, 1.54) is 4.90 Å². The van der Waals surface area contributed by atoms with Gasteiger partial charge in [-0.05, 0) is 60.2 Å². The molecule has 0 aliphatic carbocycles. The van der Waals surface area contributed by atoms with Gasteiger partial charge in [0.2, 0.25) is 0 Å². The zero-order chi connectivity index (χ0) is 27.4. The Hall–Kier alpha value is -5.62. The van der Waals surface area contributed by atoms with Crippen LogP contribution in [0.4, 0.5) is 17.3 Å². The number of ether oxygens (including phenoxy) is 1. The van der Waals surface area contributed by atoms with Gasteiger partial charge in [-0.2, -0.15) is 10.4 Å². The Bertz CT molecular complexity index is 1720. The molecular weight excluding hydrogens is 490 g/mol. The van der Waals surface area contributed by atoms with E-state index in [4.69, 9.17) is 15.5 Å². The molecule has 9 nitrogen and oxygen atoms in total. The van der Waals surface area contributed by atoms with Crippen LogP contribution in [-0.2, 0) is 4.79 Å². The number of nitriles is 1. The molecule has 4 N–H and O–H groups in total. The number of nitrogens with zero attached hydrogens (tertiary/aromatic N) is 4. The summed E-state index contributed by atoms with van der Waals surface area (Å²) in [5.41, 5.74) is 9.89. The standard InChI is InChI=1S/C30H25N7O2/c1-37(2)30(38)21(18-31)15-19-7-6-8-22(16-19)33-26-17-25-27(29(32)36-35-25)28(34-26)20-11-13-24(14-12-20)39-23-9-4-3-5-10-23/h3-17H,1-2H3,(H,33,34)(H3,32,35,36)/b21-15+. The number of fused-ring (bicyclic) bond motifs is 1. The molecule has 2 heterocycles. The van der Waals surface area contributed by atoms with Crippen LogP contribution in [-0.4, -0.2) is 40.1 Å². The van der Waals surface area contributed by atoms with Gasteiger partial charge in [0.05, 0.1) is 16.6 Å². The first-order valence-corrected chi connectivity index (χ1v) is 12.1. The highest BCUT2D eigenvalue weighted by Gasteiger charge is 2.15. The summed E-state index contributed by atoms with van der Waals surface area (Å²) in [6.07, 6.45) is 1.56. The second-order valence-corrected chi connectivity index (χ2v) is 8.95. The number of benzene rings is 3. The summed E-state index contributed by atoms with van der Waals surface area (Å²) in [6, 6.07) is 28.3. The number of nitrogens with one attached hydrogen (secondary N) is 2. The number of amides is 1. The highest BCUT2D eigenvalue weighted by molar-refractivity contribution is 6.02. The van der Waals surface area contributed by atoms with Gasteiger partial charge in [0, 0.05) is 31.4 Å². The van der Waals surface area contributed by atoms with Crippen molar-refractivity contribution < 1.29 is 9.53 Å². The molecule has 0 aliphatic heterocycles. The van der Waals surface area contributed by atoms with Gasteiger partial charge in [0.15, 0.2) is 5.82 Å². The van der Waals surface area contributed by atoms with Crippen molar-refractivity contribution in [1.29, 1.82) is 5.26 Å². The van der Waals surface area contributed by atoms with Crippen LogP contribution >= 0.6 is 0 Å². The lowest BCUT2D eigenvalue weighted by molar-refractivity contribution is -0.124. The molecule has 9 heteroatoms. The number of carbonyl (C=O) groups is 1. The fourth-order valence-corrected chi connectivity index (χ4v) is 4.05. The van der Waals surface area contributed by atoms with Gasteiger partial charge in [-0.25, -0.2) is 4.98 Å². The van der Waals surface area contributed by atoms with Crippen LogP contribution in [0.2, 0.25) is 0 Å². The number of H-pyrrole nitrogens is 1. The molecule has 39 heavy (non-hydrogen) atoms. The normalized spacial score (nSPS) is 11.2. The number of pyridine rings is 1. The molecule has 0 atom stereocenters. The summed E-state index contributed by atoms with van der Waals surface area (Å²) in [5.74, 6) is 2.01. The number of carbonyl (C=O) groups excluding carboxylic acids is 1. The summed E-state index contributed by atoms with van der Waals surface area (Å²) >= 11 is 0. The first-order chi connectivity index (χ1) is 18.9. The molecule has 192 valence electrons. The average molecular weight is 516 g/mol. The quantitative estimate of drug-likeness (QED) is 0.186. The summed E-state index contributed by atoms with van der Waals surface area (Å²) in [4.78, 5) is 18.5. The predicted octanol–water partition coefficient (Wildman–Crippen LogP) is 5.74. The number of likely N-dealkylation sites (N-methyl/N-ethyl adjacent to an activating group) is 1. The molecule has 0 fully saturated rings. The van der Waals surface area contributed by atoms with Crippen molar-refractivity contribution in [2.75, 3.05) is 25.1 Å². The van der Waals surface area contributed by atoms with Crippen LogP contribution in [0.3, 0.4) is 0 Å². The molecule has 0 aliphatic rings. The minimum atomic E-state index is -0.357. The molecule has 0 bridgehead atoms. The number of hydrogen-bond donors (Lipinski definition) is 3. The smallest absolute Gasteiger partial charge is 0.264 e. The molecule has 0 radical (unpaired) electrons. The van der Waals surface area contributed by atoms with E-state index in [1.807, 2.05) is 91.0 Å². The van der Waals surface area contributed by atoms with Crippen molar-refractivity contribution in [3.63, 3.8) is 0 Å². The van der Waals surface area contributed by atoms with Gasteiger partial charge in [0.1, 0.15) is 29.0 Å². The van der Waals surface area contributed by atoms with Crippen molar-refractivity contribution in [1.82, 2.24) is 20.1 Å². The molecule has 1 amide bonds. The van der Waals surface area contributed by atoms with Gasteiger partial charge in [-0.3, -0.25) is 9.89 Å². The number of nitrogens with two attached hydrogens (primary N) is 1. The third-order valence-electron chi connectivity index (χ3n) is 5.91. The maximum absolute atomic E-state index is 12.2. The Labute approximate surface area is 225 Å². The average Bonchev–Trinajstić information content (AvgIpc) is 3.32. The number of anilines is 3. The number of hydrogen-bond acceptors (Lipinski definition) is 7. The third-order valence-corrected chi connectivity index (χ3v) is 5.91. The summed E-state index contributed by atoms with van der Waals surface area (Å²) in [5, 5.41) is 20.6. The van der Waals surface area contributed by atoms with Gasteiger partial charge in [-0.1, -0.05) is 30.3 Å². The molecule has 5 rings (SSSR count). The van der Waals surface area contributed by atoms with E-state index in [2.05, 4.69) is 15.5 Å². The minimum Gasteiger partial charge on any atom is -0.457 e. The molecule has 0 unspecified atom stereocenters. The highest BCUT2D eigenvalue weighted by Crippen LogP contribution is 2.34. The maximum atomic E-state index is 12.2. The van der Waals surface area contributed by atoms with E-state index in [-0.39, 0.29) is 11.5 Å². The molecule has 3 aromatic carbocycles. The SMILES string of the molecule is CN(C)C(=O)/C(C#N)=C/c1cccc(Nc2cc3[nH]nc(N)c3c(-c3ccc(Oc4ccccc4)cc3)n2)c1. The number of rotatable bonds is 7. The van der Waals surface area contributed by atoms with Gasteiger partial charge in [-0.15, -0.1) is 0 Å². The zero-order valence-electron chi connectivity index (χ0n) is 21.3. The first-order valence-electron chi connectivity index (χ1n) is 12.1. The van der Waals surface area contributed by atoms with Gasteiger partial charge in [0.25, 0.3) is 5.91 Å². The molecule has 2 aromatic heterocycles. The summed E-state index contributed by atoms with van der Waals surface area (Å²) in [7, 11) is 3.22. The van der Waals surface area contributed by atoms with E-state index < -0.39 is 0 Å². The molecule has 5 aromatic rings. The van der Waals surface area contributed by atoms with Crippen LogP contribution in [0.25, 0.3) is 28.2 Å².